The molecule has 5 nitrogen and oxygen atoms in total. The van der Waals surface area contributed by atoms with Crippen molar-refractivity contribution in [3.05, 3.63) is 70.4 Å². The van der Waals surface area contributed by atoms with Crippen molar-refractivity contribution in [3.63, 3.8) is 0 Å². The lowest BCUT2D eigenvalue weighted by atomic mass is 10.0. The fraction of sp³-hybridized carbons (Fsp3) is 0.238. The number of nitrogens with zero attached hydrogens (tertiary/aromatic N) is 1. The van der Waals surface area contributed by atoms with Crippen LogP contribution in [0.4, 0.5) is 0 Å². The van der Waals surface area contributed by atoms with Gasteiger partial charge in [-0.1, -0.05) is 17.7 Å². The maximum absolute atomic E-state index is 12.9. The third-order valence-electron chi connectivity index (χ3n) is 4.95. The average molecular weight is 348 g/mol. The number of aryl methyl sites for hydroxylation is 1. The average Bonchev–Trinajstić information content (AvgIpc) is 3.03. The normalized spacial score (nSPS) is 13.5. The van der Waals surface area contributed by atoms with Crippen molar-refractivity contribution in [1.82, 2.24) is 9.88 Å². The smallest absolute Gasteiger partial charge is 0.337 e. The SMILES string of the molecule is COC(=O)c1ccc2[nH]c3c(c2c1)CN(C(=O)c1cccc(C)c1)CC3. The molecule has 5 heteroatoms. The molecule has 132 valence electrons. The molecule has 0 aliphatic carbocycles. The number of nitrogens with one attached hydrogen (secondary N) is 1. The van der Waals surface area contributed by atoms with Crippen LogP contribution in [0.5, 0.6) is 0 Å². The monoisotopic (exact) mass is 348 g/mol. The van der Waals surface area contributed by atoms with Crippen LogP contribution >= 0.6 is 0 Å². The van der Waals surface area contributed by atoms with E-state index in [1.165, 1.54) is 7.11 Å². The Morgan fingerprint density at radius 2 is 1.96 bits per heavy atom. The number of amides is 1. The molecule has 1 aromatic heterocycles. The second kappa shape index (κ2) is 6.33. The number of rotatable bonds is 2. The largest absolute Gasteiger partial charge is 0.465 e. The van der Waals surface area contributed by atoms with Crippen LogP contribution in [-0.4, -0.2) is 35.4 Å². The van der Waals surface area contributed by atoms with Gasteiger partial charge in [-0.25, -0.2) is 4.79 Å². The van der Waals surface area contributed by atoms with E-state index in [2.05, 4.69) is 4.98 Å². The van der Waals surface area contributed by atoms with Gasteiger partial charge in [0.2, 0.25) is 0 Å². The van der Waals surface area contributed by atoms with Gasteiger partial charge in [-0.2, -0.15) is 0 Å². The van der Waals surface area contributed by atoms with Crippen LogP contribution in [-0.2, 0) is 17.7 Å². The maximum atomic E-state index is 12.9. The predicted molar refractivity (Wildman–Crippen MR) is 99.3 cm³/mol. The molecular formula is C21H20N2O3. The highest BCUT2D eigenvalue weighted by Gasteiger charge is 2.25. The van der Waals surface area contributed by atoms with Gasteiger partial charge < -0.3 is 14.6 Å². The van der Waals surface area contributed by atoms with Crippen LogP contribution in [0.2, 0.25) is 0 Å². The summed E-state index contributed by atoms with van der Waals surface area (Å²) in [5, 5.41) is 0.977. The zero-order valence-electron chi connectivity index (χ0n) is 14.8. The Labute approximate surface area is 151 Å². The first kappa shape index (κ1) is 16.4. The molecule has 0 bridgehead atoms. The van der Waals surface area contributed by atoms with Crippen molar-refractivity contribution in [3.8, 4) is 0 Å². The predicted octanol–water partition coefficient (Wildman–Crippen LogP) is 3.46. The quantitative estimate of drug-likeness (QED) is 0.722. The number of hydrogen-bond donors (Lipinski definition) is 1. The van der Waals surface area contributed by atoms with E-state index in [0.717, 1.165) is 34.1 Å². The molecule has 1 aliphatic heterocycles. The van der Waals surface area contributed by atoms with Crippen molar-refractivity contribution in [2.45, 2.75) is 19.9 Å². The number of ether oxygens (including phenoxy) is 1. The van der Waals surface area contributed by atoms with Crippen LogP contribution in [0.1, 0.15) is 37.5 Å². The molecule has 0 saturated heterocycles. The van der Waals surface area contributed by atoms with Crippen LogP contribution in [0, 0.1) is 6.92 Å². The highest BCUT2D eigenvalue weighted by molar-refractivity contribution is 5.97. The van der Waals surface area contributed by atoms with E-state index in [0.29, 0.717) is 24.2 Å². The number of aromatic amines is 1. The summed E-state index contributed by atoms with van der Waals surface area (Å²) in [6, 6.07) is 13.2. The molecule has 3 aromatic rings. The Hall–Kier alpha value is -3.08. The number of carbonyl (C=O) groups is 2. The van der Waals surface area contributed by atoms with E-state index < -0.39 is 0 Å². The summed E-state index contributed by atoms with van der Waals surface area (Å²) in [6.07, 6.45) is 0.773. The lowest BCUT2D eigenvalue weighted by Crippen LogP contribution is -2.35. The van der Waals surface area contributed by atoms with E-state index in [9.17, 15) is 9.59 Å². The van der Waals surface area contributed by atoms with E-state index in [-0.39, 0.29) is 11.9 Å². The lowest BCUT2D eigenvalue weighted by molar-refractivity contribution is 0.0600. The standard InChI is InChI=1S/C21H20N2O3/c1-13-4-3-5-14(10-13)20(24)23-9-8-19-17(12-23)16-11-15(21(25)26-2)6-7-18(16)22-19/h3-7,10-11,22H,8-9,12H2,1-2H3. The van der Waals surface area contributed by atoms with Crippen molar-refractivity contribution in [2.24, 2.45) is 0 Å². The Morgan fingerprint density at radius 1 is 1.12 bits per heavy atom. The van der Waals surface area contributed by atoms with Gasteiger partial charge in [-0.15, -0.1) is 0 Å². The molecule has 26 heavy (non-hydrogen) atoms. The van der Waals surface area contributed by atoms with Crippen LogP contribution in [0.3, 0.4) is 0 Å². The van der Waals surface area contributed by atoms with Gasteiger partial charge in [0.05, 0.1) is 12.7 Å². The highest BCUT2D eigenvalue weighted by atomic mass is 16.5. The maximum Gasteiger partial charge on any atom is 0.337 e. The fourth-order valence-electron chi connectivity index (χ4n) is 3.59. The summed E-state index contributed by atoms with van der Waals surface area (Å²) in [7, 11) is 1.38. The van der Waals surface area contributed by atoms with Crippen molar-refractivity contribution < 1.29 is 14.3 Å². The van der Waals surface area contributed by atoms with E-state index in [1.807, 2.05) is 48.2 Å². The third-order valence-corrected chi connectivity index (χ3v) is 4.95. The number of H-pyrrole nitrogens is 1. The summed E-state index contributed by atoms with van der Waals surface area (Å²) >= 11 is 0. The molecule has 1 N–H and O–H groups in total. The molecule has 0 radical (unpaired) electrons. The van der Waals surface area contributed by atoms with Crippen LogP contribution < -0.4 is 0 Å². The minimum atomic E-state index is -0.356. The molecule has 2 aromatic carbocycles. The van der Waals surface area contributed by atoms with Gasteiger partial charge in [0.15, 0.2) is 0 Å². The molecule has 0 unspecified atom stereocenters. The first-order chi connectivity index (χ1) is 12.6. The molecule has 1 aliphatic rings. The summed E-state index contributed by atoms with van der Waals surface area (Å²) < 4.78 is 4.82. The van der Waals surface area contributed by atoms with E-state index in [1.54, 1.807) is 6.07 Å². The molecule has 0 spiro atoms. The van der Waals surface area contributed by atoms with E-state index >= 15 is 0 Å². The van der Waals surface area contributed by atoms with Gasteiger partial charge in [-0.05, 0) is 37.3 Å². The van der Waals surface area contributed by atoms with Gasteiger partial charge in [0.1, 0.15) is 0 Å². The first-order valence-corrected chi connectivity index (χ1v) is 8.64. The van der Waals surface area contributed by atoms with E-state index in [4.69, 9.17) is 4.74 Å². The number of benzene rings is 2. The number of methoxy groups -OCH3 is 1. The molecule has 4 rings (SSSR count). The van der Waals surface area contributed by atoms with Crippen LogP contribution in [0.25, 0.3) is 10.9 Å². The molecule has 0 atom stereocenters. The number of fused-ring (bicyclic) bond motifs is 3. The zero-order valence-corrected chi connectivity index (χ0v) is 14.8. The van der Waals surface area contributed by atoms with Gasteiger partial charge >= 0.3 is 5.97 Å². The molecular weight excluding hydrogens is 328 g/mol. The topological polar surface area (TPSA) is 62.4 Å². The summed E-state index contributed by atoms with van der Waals surface area (Å²) in [4.78, 5) is 30.0. The highest BCUT2D eigenvalue weighted by Crippen LogP contribution is 2.29. The minimum Gasteiger partial charge on any atom is -0.465 e. The van der Waals surface area contributed by atoms with Gasteiger partial charge in [-0.3, -0.25) is 4.79 Å². The fourth-order valence-corrected chi connectivity index (χ4v) is 3.59. The third kappa shape index (κ3) is 2.75. The second-order valence-electron chi connectivity index (χ2n) is 6.68. The Balaban J connectivity index is 1.69. The molecule has 0 fully saturated rings. The molecule has 0 saturated carbocycles. The first-order valence-electron chi connectivity index (χ1n) is 8.64. The van der Waals surface area contributed by atoms with Crippen LogP contribution in [0.15, 0.2) is 42.5 Å². The number of aromatic nitrogens is 1. The van der Waals surface area contributed by atoms with Gasteiger partial charge in [0, 0.05) is 47.2 Å². The van der Waals surface area contributed by atoms with Gasteiger partial charge in [0.25, 0.3) is 5.91 Å². The Morgan fingerprint density at radius 3 is 2.73 bits per heavy atom. The minimum absolute atomic E-state index is 0.0397. The number of hydrogen-bond acceptors (Lipinski definition) is 3. The Kier molecular flexibility index (Phi) is 3.99. The lowest BCUT2D eigenvalue weighted by Gasteiger charge is -2.27. The molecule has 1 amide bonds. The number of carbonyl (C=O) groups excluding carboxylic acids is 2. The molecule has 2 heterocycles. The van der Waals surface area contributed by atoms with Crippen molar-refractivity contribution in [2.75, 3.05) is 13.7 Å². The summed E-state index contributed by atoms with van der Waals surface area (Å²) in [6.45, 7) is 3.20. The zero-order chi connectivity index (χ0) is 18.3. The summed E-state index contributed by atoms with van der Waals surface area (Å²) in [5.74, 6) is -0.317. The van der Waals surface area contributed by atoms with Crippen molar-refractivity contribution in [1.29, 1.82) is 0 Å². The van der Waals surface area contributed by atoms with Crippen molar-refractivity contribution >= 4 is 22.8 Å². The Bertz CT molecular complexity index is 1020. The second-order valence-corrected chi connectivity index (χ2v) is 6.68. The number of esters is 1. The summed E-state index contributed by atoms with van der Waals surface area (Å²) in [5.41, 5.74) is 5.50.